The fourth-order valence-electron chi connectivity index (χ4n) is 4.83. The number of carbonyl (C=O) groups excluding carboxylic acids is 2. The molecular formula is C24H25ClN4O3. The molecule has 3 heterocycles. The van der Waals surface area contributed by atoms with Gasteiger partial charge in [0.1, 0.15) is 17.0 Å². The summed E-state index contributed by atoms with van der Waals surface area (Å²) < 4.78 is 5.37. The number of likely N-dealkylation sites (tertiary alicyclic amines) is 1. The highest BCUT2D eigenvalue weighted by Crippen LogP contribution is 2.43. The maximum absolute atomic E-state index is 13.4. The Morgan fingerprint density at radius 3 is 2.78 bits per heavy atom. The SMILES string of the molecule is C=Cc1cc(CC(=O)N2C3CCC(C3)C2C(=O)Nc2cccc(Cl)n2)nc(OC)c1C=C. The number of carbonyl (C=O) groups is 2. The molecule has 2 fully saturated rings. The predicted octanol–water partition coefficient (Wildman–Crippen LogP) is 3.99. The van der Waals surface area contributed by atoms with Gasteiger partial charge in [-0.15, -0.1) is 0 Å². The van der Waals surface area contributed by atoms with Crippen molar-refractivity contribution in [3.8, 4) is 5.88 Å². The second-order valence-corrected chi connectivity index (χ2v) is 8.41. The van der Waals surface area contributed by atoms with Crippen LogP contribution in [0, 0.1) is 5.92 Å². The molecule has 0 spiro atoms. The first-order valence-electron chi connectivity index (χ1n) is 10.5. The molecule has 0 radical (unpaired) electrons. The lowest BCUT2D eigenvalue weighted by Crippen LogP contribution is -2.51. The molecule has 0 aromatic carbocycles. The minimum absolute atomic E-state index is 0.0591. The molecule has 32 heavy (non-hydrogen) atoms. The van der Waals surface area contributed by atoms with Crippen LogP contribution in [0.5, 0.6) is 5.88 Å². The highest BCUT2D eigenvalue weighted by atomic mass is 35.5. The number of pyridine rings is 2. The number of methoxy groups -OCH3 is 1. The van der Waals surface area contributed by atoms with Crippen molar-refractivity contribution in [3.63, 3.8) is 0 Å². The van der Waals surface area contributed by atoms with Crippen LogP contribution in [0.1, 0.15) is 36.1 Å². The molecule has 166 valence electrons. The van der Waals surface area contributed by atoms with Gasteiger partial charge >= 0.3 is 0 Å². The van der Waals surface area contributed by atoms with Crippen molar-refractivity contribution in [1.29, 1.82) is 0 Å². The molecular weight excluding hydrogens is 428 g/mol. The van der Waals surface area contributed by atoms with Gasteiger partial charge in [-0.3, -0.25) is 9.59 Å². The Morgan fingerprint density at radius 2 is 2.09 bits per heavy atom. The molecule has 3 atom stereocenters. The third kappa shape index (κ3) is 4.12. The van der Waals surface area contributed by atoms with E-state index in [1.165, 1.54) is 7.11 Å². The molecule has 7 nitrogen and oxygen atoms in total. The number of hydrogen-bond acceptors (Lipinski definition) is 5. The molecule has 2 aliphatic rings. The zero-order chi connectivity index (χ0) is 22.8. The molecule has 2 aromatic rings. The van der Waals surface area contributed by atoms with Gasteiger partial charge in [-0.2, -0.15) is 0 Å². The van der Waals surface area contributed by atoms with E-state index in [1.807, 2.05) is 6.07 Å². The number of aromatic nitrogens is 2. The first-order chi connectivity index (χ1) is 15.4. The maximum Gasteiger partial charge on any atom is 0.248 e. The molecule has 1 saturated heterocycles. The number of piperidine rings is 1. The van der Waals surface area contributed by atoms with E-state index in [4.69, 9.17) is 16.3 Å². The molecule has 2 aromatic heterocycles. The summed E-state index contributed by atoms with van der Waals surface area (Å²) >= 11 is 5.93. The molecule has 2 amide bonds. The van der Waals surface area contributed by atoms with Crippen molar-refractivity contribution < 1.29 is 14.3 Å². The van der Waals surface area contributed by atoms with Crippen molar-refractivity contribution in [3.05, 3.63) is 59.4 Å². The third-order valence-electron chi connectivity index (χ3n) is 6.17. The lowest BCUT2D eigenvalue weighted by atomic mass is 9.97. The number of anilines is 1. The van der Waals surface area contributed by atoms with E-state index in [1.54, 1.807) is 35.3 Å². The summed E-state index contributed by atoms with van der Waals surface area (Å²) in [6, 6.07) is 6.37. The molecule has 3 unspecified atom stereocenters. The summed E-state index contributed by atoms with van der Waals surface area (Å²) in [6.45, 7) is 7.63. The highest BCUT2D eigenvalue weighted by molar-refractivity contribution is 6.29. The van der Waals surface area contributed by atoms with Gasteiger partial charge in [0.25, 0.3) is 0 Å². The monoisotopic (exact) mass is 452 g/mol. The van der Waals surface area contributed by atoms with Gasteiger partial charge in [-0.1, -0.05) is 43.0 Å². The van der Waals surface area contributed by atoms with Crippen LogP contribution in [-0.2, 0) is 16.0 Å². The van der Waals surface area contributed by atoms with E-state index in [-0.39, 0.29) is 30.2 Å². The highest BCUT2D eigenvalue weighted by Gasteiger charge is 2.51. The number of amides is 2. The first-order valence-corrected chi connectivity index (χ1v) is 10.9. The number of nitrogens with one attached hydrogen (secondary N) is 1. The number of hydrogen-bond donors (Lipinski definition) is 1. The first kappa shape index (κ1) is 22.0. The van der Waals surface area contributed by atoms with E-state index in [0.717, 1.165) is 30.4 Å². The van der Waals surface area contributed by atoms with Crippen molar-refractivity contribution >= 4 is 41.4 Å². The van der Waals surface area contributed by atoms with Crippen molar-refractivity contribution in [2.24, 2.45) is 5.92 Å². The molecule has 1 N–H and O–H groups in total. The number of rotatable bonds is 7. The van der Waals surface area contributed by atoms with Gasteiger partial charge in [0.15, 0.2) is 0 Å². The van der Waals surface area contributed by atoms with E-state index in [9.17, 15) is 9.59 Å². The third-order valence-corrected chi connectivity index (χ3v) is 6.38. The summed E-state index contributed by atoms with van der Waals surface area (Å²) in [5, 5.41) is 3.12. The van der Waals surface area contributed by atoms with E-state index in [2.05, 4.69) is 28.4 Å². The Bertz CT molecular complexity index is 1090. The van der Waals surface area contributed by atoms with Crippen molar-refractivity contribution in [2.45, 2.75) is 37.8 Å². The molecule has 8 heteroatoms. The Hall–Kier alpha value is -3.19. The van der Waals surface area contributed by atoms with Crippen LogP contribution in [0.2, 0.25) is 5.15 Å². The van der Waals surface area contributed by atoms with Crippen LogP contribution in [0.4, 0.5) is 5.82 Å². The Labute approximate surface area is 192 Å². The lowest BCUT2D eigenvalue weighted by Gasteiger charge is -2.34. The Balaban J connectivity index is 1.56. The standard InChI is InChI=1S/C24H25ClN4O3/c1-4-14-11-16(26-24(32-3)18(14)5-2)13-21(30)29-17-10-9-15(12-17)22(29)23(31)28-20-8-6-7-19(25)27-20/h4-8,11,15,17,22H,1-2,9-10,12-13H2,3H3,(H,27,28,31). The van der Waals surface area contributed by atoms with Crippen molar-refractivity contribution in [2.75, 3.05) is 12.4 Å². The quantitative estimate of drug-likeness (QED) is 0.642. The smallest absolute Gasteiger partial charge is 0.248 e. The van der Waals surface area contributed by atoms with Crippen LogP contribution in [0.3, 0.4) is 0 Å². The average Bonchev–Trinajstić information content (AvgIpc) is 3.40. The number of ether oxygens (including phenoxy) is 1. The van der Waals surface area contributed by atoms with Gasteiger partial charge in [0.05, 0.1) is 19.2 Å². The van der Waals surface area contributed by atoms with Crippen LogP contribution >= 0.6 is 11.6 Å². The molecule has 1 aliphatic carbocycles. The number of nitrogens with zero attached hydrogens (tertiary/aromatic N) is 3. The van der Waals surface area contributed by atoms with Gasteiger partial charge in [-0.25, -0.2) is 9.97 Å². The number of fused-ring (bicyclic) bond motifs is 2. The zero-order valence-corrected chi connectivity index (χ0v) is 18.6. The number of halogens is 1. The molecule has 1 aliphatic heterocycles. The summed E-state index contributed by atoms with van der Waals surface area (Å²) in [7, 11) is 1.53. The summed E-state index contributed by atoms with van der Waals surface area (Å²) in [4.78, 5) is 36.8. The summed E-state index contributed by atoms with van der Waals surface area (Å²) in [5.74, 6) is 0.536. The maximum atomic E-state index is 13.4. The molecule has 1 saturated carbocycles. The normalized spacial score (nSPS) is 21.3. The fourth-order valence-corrected chi connectivity index (χ4v) is 5.00. The van der Waals surface area contributed by atoms with Gasteiger partial charge in [0.2, 0.25) is 17.7 Å². The van der Waals surface area contributed by atoms with Crippen molar-refractivity contribution in [1.82, 2.24) is 14.9 Å². The molecule has 4 rings (SSSR count). The minimum Gasteiger partial charge on any atom is -0.481 e. The predicted molar refractivity (Wildman–Crippen MR) is 124 cm³/mol. The van der Waals surface area contributed by atoms with Gasteiger partial charge in [0, 0.05) is 11.6 Å². The summed E-state index contributed by atoms with van der Waals surface area (Å²) in [5.41, 5.74) is 2.08. The Kier molecular flexibility index (Phi) is 6.28. The fraction of sp³-hybridized carbons (Fsp3) is 0.333. The molecule has 2 bridgehead atoms. The van der Waals surface area contributed by atoms with E-state index >= 15 is 0 Å². The van der Waals surface area contributed by atoms with Crippen LogP contribution < -0.4 is 10.1 Å². The Morgan fingerprint density at radius 1 is 1.28 bits per heavy atom. The van der Waals surface area contributed by atoms with Crippen LogP contribution in [0.15, 0.2) is 37.4 Å². The van der Waals surface area contributed by atoms with Crippen LogP contribution in [0.25, 0.3) is 12.2 Å². The average molecular weight is 453 g/mol. The second-order valence-electron chi connectivity index (χ2n) is 8.02. The van der Waals surface area contributed by atoms with E-state index < -0.39 is 6.04 Å². The lowest BCUT2D eigenvalue weighted by molar-refractivity contribution is -0.140. The van der Waals surface area contributed by atoms with Crippen LogP contribution in [-0.4, -0.2) is 45.9 Å². The second kappa shape index (κ2) is 9.12. The van der Waals surface area contributed by atoms with Gasteiger partial charge < -0.3 is 15.0 Å². The largest absolute Gasteiger partial charge is 0.481 e. The summed E-state index contributed by atoms with van der Waals surface area (Å²) in [6.07, 6.45) is 6.06. The van der Waals surface area contributed by atoms with E-state index in [0.29, 0.717) is 22.5 Å². The van der Waals surface area contributed by atoms with Gasteiger partial charge in [-0.05, 0) is 48.9 Å². The minimum atomic E-state index is -0.532. The topological polar surface area (TPSA) is 84.4 Å². The zero-order valence-electron chi connectivity index (χ0n) is 17.9.